The number of aliphatic hydroxyl groups is 1. The molecule has 0 aliphatic carbocycles. The summed E-state index contributed by atoms with van der Waals surface area (Å²) in [5.74, 6) is 1.24. The Kier molecular flexibility index (Phi) is 6.04. The van der Waals surface area contributed by atoms with Gasteiger partial charge in [0.25, 0.3) is 5.91 Å². The third-order valence-electron chi connectivity index (χ3n) is 5.45. The third-order valence-corrected chi connectivity index (χ3v) is 6.66. The number of carbonyl (C=O) groups is 1. The molecule has 1 aromatic heterocycles. The van der Waals surface area contributed by atoms with Crippen molar-refractivity contribution < 1.29 is 19.4 Å². The average Bonchev–Trinajstić information content (AvgIpc) is 3.33. The van der Waals surface area contributed by atoms with Crippen molar-refractivity contribution in [2.75, 3.05) is 53.6 Å². The molecule has 156 valence electrons. The fraction of sp³-hybridized carbons (Fsp3) is 0.526. The highest BCUT2D eigenvalue weighted by atomic mass is 32.2. The van der Waals surface area contributed by atoms with E-state index in [1.807, 2.05) is 18.2 Å². The molecule has 2 unspecified atom stereocenters. The van der Waals surface area contributed by atoms with Gasteiger partial charge in [-0.25, -0.2) is 4.98 Å². The molecule has 1 fully saturated rings. The van der Waals surface area contributed by atoms with E-state index >= 15 is 0 Å². The van der Waals surface area contributed by atoms with Crippen molar-refractivity contribution in [3.05, 3.63) is 30.1 Å². The molecule has 1 N–H and O–H groups in total. The maximum absolute atomic E-state index is 13.1. The summed E-state index contributed by atoms with van der Waals surface area (Å²) in [6.45, 7) is 4.13. The summed E-state index contributed by atoms with van der Waals surface area (Å²) in [6, 6.07) is 5.68. The Labute approximate surface area is 173 Å². The fourth-order valence-electron chi connectivity index (χ4n) is 3.97. The monoisotopic (exact) mass is 419 g/mol. The van der Waals surface area contributed by atoms with E-state index in [0.29, 0.717) is 23.2 Å². The van der Waals surface area contributed by atoms with Crippen molar-refractivity contribution in [1.29, 1.82) is 0 Å². The molecule has 0 radical (unpaired) electrons. The molecule has 3 heterocycles. The summed E-state index contributed by atoms with van der Waals surface area (Å²) >= 11 is 1.45. The van der Waals surface area contributed by atoms with E-state index in [1.54, 1.807) is 14.2 Å². The second kappa shape index (κ2) is 8.70. The van der Waals surface area contributed by atoms with Crippen LogP contribution in [0, 0.1) is 0 Å². The molecule has 1 aromatic carbocycles. The number of hydrogen-bond acceptors (Lipinski definition) is 9. The van der Waals surface area contributed by atoms with Crippen LogP contribution < -0.4 is 9.47 Å². The summed E-state index contributed by atoms with van der Waals surface area (Å²) in [7, 11) is 3.22. The number of methoxy groups -OCH3 is 2. The van der Waals surface area contributed by atoms with Crippen LogP contribution in [0.4, 0.5) is 0 Å². The predicted molar refractivity (Wildman–Crippen MR) is 108 cm³/mol. The van der Waals surface area contributed by atoms with E-state index in [0.717, 1.165) is 31.7 Å². The van der Waals surface area contributed by atoms with E-state index in [1.165, 1.54) is 22.8 Å². The maximum atomic E-state index is 13.1. The minimum Gasteiger partial charge on any atom is -0.493 e. The standard InChI is InChI=1S/C19H25N5O4S/c1-27-14-4-3-13(11-15(14)28-2)16(23-7-5-22(6-8-23)9-10-25)17-18(26)24-19(29-17)20-12-21-24/h3-4,11-12,16-17,25H,5-10H2,1-2H3. The van der Waals surface area contributed by atoms with Crippen molar-refractivity contribution in [3.8, 4) is 11.5 Å². The summed E-state index contributed by atoms with van der Waals surface area (Å²) < 4.78 is 12.3. The van der Waals surface area contributed by atoms with Gasteiger partial charge < -0.3 is 14.6 Å². The quantitative estimate of drug-likeness (QED) is 0.698. The fourth-order valence-corrected chi connectivity index (χ4v) is 5.20. The minimum absolute atomic E-state index is 0.0555. The zero-order valence-corrected chi connectivity index (χ0v) is 17.3. The number of thioether (sulfide) groups is 1. The molecule has 9 nitrogen and oxygen atoms in total. The number of nitrogens with zero attached hydrogens (tertiary/aromatic N) is 5. The van der Waals surface area contributed by atoms with Crippen LogP contribution in [0.1, 0.15) is 16.4 Å². The van der Waals surface area contributed by atoms with Crippen molar-refractivity contribution >= 4 is 17.7 Å². The van der Waals surface area contributed by atoms with E-state index < -0.39 is 0 Å². The lowest BCUT2D eigenvalue weighted by Gasteiger charge is -2.40. The highest BCUT2D eigenvalue weighted by Crippen LogP contribution is 2.42. The normalized spacial score (nSPS) is 21.2. The van der Waals surface area contributed by atoms with Crippen LogP contribution in [0.15, 0.2) is 29.7 Å². The highest BCUT2D eigenvalue weighted by Gasteiger charge is 2.43. The van der Waals surface area contributed by atoms with Gasteiger partial charge in [0.1, 0.15) is 11.6 Å². The van der Waals surface area contributed by atoms with E-state index in [9.17, 15) is 9.90 Å². The Balaban J connectivity index is 1.65. The van der Waals surface area contributed by atoms with Crippen molar-refractivity contribution in [2.24, 2.45) is 0 Å². The molecule has 10 heteroatoms. The number of β-amino-alcohol motifs (C(OH)–C–C–N with tert-alkyl or cyclic N) is 1. The minimum atomic E-state index is -0.339. The Morgan fingerprint density at radius 2 is 1.97 bits per heavy atom. The van der Waals surface area contributed by atoms with Crippen LogP contribution in [-0.4, -0.2) is 94.4 Å². The lowest BCUT2D eigenvalue weighted by molar-refractivity contribution is 0.0688. The first kappa shape index (κ1) is 20.1. The topological polar surface area (TPSA) is 93.0 Å². The maximum Gasteiger partial charge on any atom is 0.264 e. The van der Waals surface area contributed by atoms with Gasteiger partial charge in [-0.3, -0.25) is 14.6 Å². The molecule has 0 amide bonds. The van der Waals surface area contributed by atoms with E-state index in [2.05, 4.69) is 19.9 Å². The molecular weight excluding hydrogens is 394 g/mol. The van der Waals surface area contributed by atoms with Gasteiger partial charge in [-0.15, -0.1) is 0 Å². The lowest BCUT2D eigenvalue weighted by atomic mass is 9.99. The van der Waals surface area contributed by atoms with Gasteiger partial charge in [0, 0.05) is 32.7 Å². The first-order chi connectivity index (χ1) is 14.2. The number of aromatic nitrogens is 3. The molecule has 2 aromatic rings. The number of piperazine rings is 1. The van der Waals surface area contributed by atoms with E-state index in [4.69, 9.17) is 9.47 Å². The Morgan fingerprint density at radius 3 is 2.62 bits per heavy atom. The number of carbonyl (C=O) groups excluding carboxylic acids is 1. The molecule has 2 aliphatic heterocycles. The Hall–Kier alpha value is -2.14. The van der Waals surface area contributed by atoms with Crippen LogP contribution in [-0.2, 0) is 0 Å². The Bertz CT molecular complexity index is 868. The summed E-state index contributed by atoms with van der Waals surface area (Å²) in [5, 5.41) is 13.6. The molecule has 2 atom stereocenters. The number of hydrogen-bond donors (Lipinski definition) is 1. The smallest absolute Gasteiger partial charge is 0.264 e. The van der Waals surface area contributed by atoms with Crippen molar-refractivity contribution in [3.63, 3.8) is 0 Å². The first-order valence-corrected chi connectivity index (χ1v) is 10.4. The summed E-state index contributed by atoms with van der Waals surface area (Å²) in [4.78, 5) is 21.8. The lowest BCUT2D eigenvalue weighted by Crippen LogP contribution is -2.50. The summed E-state index contributed by atoms with van der Waals surface area (Å²) in [6.07, 6.45) is 1.41. The van der Waals surface area contributed by atoms with Gasteiger partial charge in [-0.1, -0.05) is 17.8 Å². The number of fused-ring (bicyclic) bond motifs is 1. The Morgan fingerprint density at radius 1 is 1.21 bits per heavy atom. The molecule has 29 heavy (non-hydrogen) atoms. The zero-order valence-electron chi connectivity index (χ0n) is 16.5. The summed E-state index contributed by atoms with van der Waals surface area (Å²) in [5.41, 5.74) is 0.995. The predicted octanol–water partition coefficient (Wildman–Crippen LogP) is 0.761. The average molecular weight is 420 g/mol. The highest BCUT2D eigenvalue weighted by molar-refractivity contribution is 8.00. The van der Waals surface area contributed by atoms with Crippen LogP contribution in [0.5, 0.6) is 11.5 Å². The molecule has 2 aliphatic rings. The molecular formula is C19H25N5O4S. The number of benzene rings is 1. The van der Waals surface area contributed by atoms with Gasteiger partial charge in [0.15, 0.2) is 16.7 Å². The molecule has 1 saturated heterocycles. The van der Waals surface area contributed by atoms with Crippen LogP contribution >= 0.6 is 11.8 Å². The van der Waals surface area contributed by atoms with Gasteiger partial charge in [0.2, 0.25) is 0 Å². The molecule has 0 bridgehead atoms. The molecule has 0 saturated carbocycles. The van der Waals surface area contributed by atoms with Gasteiger partial charge in [-0.2, -0.15) is 9.78 Å². The number of aliphatic hydroxyl groups excluding tert-OH is 1. The third kappa shape index (κ3) is 3.85. The van der Waals surface area contributed by atoms with Gasteiger partial charge in [-0.05, 0) is 17.7 Å². The van der Waals surface area contributed by atoms with Crippen molar-refractivity contribution in [1.82, 2.24) is 24.6 Å². The van der Waals surface area contributed by atoms with Crippen LogP contribution in [0.25, 0.3) is 0 Å². The number of ether oxygens (including phenoxy) is 2. The molecule has 0 spiro atoms. The number of rotatable bonds is 7. The van der Waals surface area contributed by atoms with Gasteiger partial charge in [0.05, 0.1) is 26.9 Å². The zero-order chi connectivity index (χ0) is 20.4. The second-order valence-corrected chi connectivity index (χ2v) is 8.10. The van der Waals surface area contributed by atoms with Crippen LogP contribution in [0.3, 0.4) is 0 Å². The molecule has 4 rings (SSSR count). The van der Waals surface area contributed by atoms with Crippen molar-refractivity contribution in [2.45, 2.75) is 16.4 Å². The first-order valence-electron chi connectivity index (χ1n) is 9.56. The van der Waals surface area contributed by atoms with Crippen LogP contribution in [0.2, 0.25) is 0 Å². The van der Waals surface area contributed by atoms with Gasteiger partial charge >= 0.3 is 0 Å². The SMILES string of the molecule is COc1ccc(C(C2Sc3ncnn3C2=O)N2CCN(CCO)CC2)cc1OC. The largest absolute Gasteiger partial charge is 0.493 e. The second-order valence-electron chi connectivity index (χ2n) is 6.99. The van der Waals surface area contributed by atoms with E-state index in [-0.39, 0.29) is 23.8 Å².